The van der Waals surface area contributed by atoms with Gasteiger partial charge in [0, 0.05) is 11.8 Å². The Morgan fingerprint density at radius 1 is 1.14 bits per heavy atom. The Labute approximate surface area is 121 Å². The molecular weight excluding hydrogens is 270 g/mol. The number of rotatable bonds is 4. The fraction of sp³-hybridized carbons (Fsp3) is 0.0667. The average molecular weight is 283 g/mol. The number of nitriles is 1. The fourth-order valence-corrected chi connectivity index (χ4v) is 1.77. The number of hydrogen-bond acceptors (Lipinski definition) is 5. The summed E-state index contributed by atoms with van der Waals surface area (Å²) in [6, 6.07) is 11.3. The lowest BCUT2D eigenvalue weighted by molar-refractivity contribution is 0.0998. The van der Waals surface area contributed by atoms with Gasteiger partial charge in [-0.2, -0.15) is 5.26 Å². The number of nitrogen functional groups attached to an aromatic ring is 1. The number of primary amides is 1. The molecule has 0 radical (unpaired) electrons. The number of amides is 1. The molecule has 1 amide bonds. The summed E-state index contributed by atoms with van der Waals surface area (Å²) in [7, 11) is 1.46. The van der Waals surface area contributed by atoms with Crippen molar-refractivity contribution < 1.29 is 14.3 Å². The molecule has 2 aromatic rings. The molecule has 0 saturated heterocycles. The van der Waals surface area contributed by atoms with E-state index in [4.69, 9.17) is 26.2 Å². The van der Waals surface area contributed by atoms with Crippen LogP contribution in [-0.2, 0) is 0 Å². The van der Waals surface area contributed by atoms with Gasteiger partial charge in [0.1, 0.15) is 5.75 Å². The van der Waals surface area contributed by atoms with Gasteiger partial charge in [0.2, 0.25) is 0 Å². The first-order chi connectivity index (χ1) is 10.0. The summed E-state index contributed by atoms with van der Waals surface area (Å²) in [5, 5.41) is 8.86. The molecule has 0 unspecified atom stereocenters. The van der Waals surface area contributed by atoms with Gasteiger partial charge in [-0.05, 0) is 30.3 Å². The topological polar surface area (TPSA) is 111 Å². The van der Waals surface area contributed by atoms with Crippen LogP contribution in [0.25, 0.3) is 0 Å². The van der Waals surface area contributed by atoms with Crippen LogP contribution in [0.1, 0.15) is 15.9 Å². The predicted octanol–water partition coefficient (Wildman–Crippen LogP) is 2.04. The molecule has 6 heteroatoms. The zero-order valence-electron chi connectivity index (χ0n) is 11.3. The second-order valence-electron chi connectivity index (χ2n) is 4.20. The van der Waals surface area contributed by atoms with E-state index in [-0.39, 0.29) is 11.3 Å². The summed E-state index contributed by atoms with van der Waals surface area (Å²) in [5.74, 6) is 0.356. The third-order valence-electron chi connectivity index (χ3n) is 2.78. The van der Waals surface area contributed by atoms with Gasteiger partial charge in [0.25, 0.3) is 5.91 Å². The lowest BCUT2D eigenvalue weighted by atomic mass is 10.1. The van der Waals surface area contributed by atoms with E-state index in [1.54, 1.807) is 24.3 Å². The molecular formula is C15H13N3O3. The zero-order chi connectivity index (χ0) is 15.4. The summed E-state index contributed by atoms with van der Waals surface area (Å²) in [4.78, 5) is 11.4. The number of benzene rings is 2. The van der Waals surface area contributed by atoms with Crippen molar-refractivity contribution in [2.45, 2.75) is 0 Å². The lowest BCUT2D eigenvalue weighted by Crippen LogP contribution is -2.12. The zero-order valence-corrected chi connectivity index (χ0v) is 11.3. The van der Waals surface area contributed by atoms with E-state index in [9.17, 15) is 4.79 Å². The van der Waals surface area contributed by atoms with Gasteiger partial charge >= 0.3 is 0 Å². The summed E-state index contributed by atoms with van der Waals surface area (Å²) < 4.78 is 10.8. The maximum Gasteiger partial charge on any atom is 0.252 e. The van der Waals surface area contributed by atoms with E-state index in [1.165, 1.54) is 19.2 Å². The normalized spacial score (nSPS) is 9.71. The maximum absolute atomic E-state index is 11.4. The molecule has 0 aromatic heterocycles. The third kappa shape index (κ3) is 3.04. The molecule has 6 nitrogen and oxygen atoms in total. The highest BCUT2D eigenvalue weighted by molar-refractivity contribution is 5.96. The van der Waals surface area contributed by atoms with E-state index in [0.29, 0.717) is 22.7 Å². The molecule has 0 aliphatic carbocycles. The highest BCUT2D eigenvalue weighted by atomic mass is 16.5. The quantitative estimate of drug-likeness (QED) is 0.834. The van der Waals surface area contributed by atoms with Crippen LogP contribution in [0.4, 0.5) is 5.69 Å². The molecule has 4 N–H and O–H groups in total. The number of anilines is 1. The molecule has 106 valence electrons. The standard InChI is InChI=1S/C15H13N3O3/c1-20-14-6-9(8-16)2-4-13(14)21-12-5-3-10(17)7-11(12)15(18)19/h2-7H,17H2,1H3,(H2,18,19). The van der Waals surface area contributed by atoms with Gasteiger partial charge < -0.3 is 20.9 Å². The molecule has 0 spiro atoms. The average Bonchev–Trinajstić information content (AvgIpc) is 2.49. The Hall–Kier alpha value is -3.20. The monoisotopic (exact) mass is 283 g/mol. The molecule has 0 fully saturated rings. The second-order valence-corrected chi connectivity index (χ2v) is 4.20. The molecule has 2 rings (SSSR count). The molecule has 0 aliphatic heterocycles. The van der Waals surface area contributed by atoms with E-state index < -0.39 is 5.91 Å². The highest BCUT2D eigenvalue weighted by Crippen LogP contribution is 2.34. The Kier molecular flexibility index (Phi) is 3.95. The van der Waals surface area contributed by atoms with Gasteiger partial charge in [-0.25, -0.2) is 0 Å². The van der Waals surface area contributed by atoms with Crippen LogP contribution in [0.5, 0.6) is 17.2 Å². The van der Waals surface area contributed by atoms with Gasteiger partial charge in [0.05, 0.1) is 24.3 Å². The van der Waals surface area contributed by atoms with Gasteiger partial charge in [-0.15, -0.1) is 0 Å². The fourth-order valence-electron chi connectivity index (χ4n) is 1.77. The molecule has 0 heterocycles. The Morgan fingerprint density at radius 2 is 1.86 bits per heavy atom. The number of nitrogens with zero attached hydrogens (tertiary/aromatic N) is 1. The summed E-state index contributed by atoms with van der Waals surface area (Å²) >= 11 is 0. The van der Waals surface area contributed by atoms with Crippen LogP contribution < -0.4 is 20.9 Å². The first kappa shape index (κ1) is 14.2. The lowest BCUT2D eigenvalue weighted by Gasteiger charge is -2.13. The number of hydrogen-bond donors (Lipinski definition) is 2. The third-order valence-corrected chi connectivity index (χ3v) is 2.78. The number of ether oxygens (including phenoxy) is 2. The number of methoxy groups -OCH3 is 1. The van der Waals surface area contributed by atoms with Crippen LogP contribution in [0, 0.1) is 11.3 Å². The Morgan fingerprint density at radius 3 is 2.48 bits per heavy atom. The number of carbonyl (C=O) groups is 1. The molecule has 0 saturated carbocycles. The van der Waals surface area contributed by atoms with Crippen LogP contribution in [0.2, 0.25) is 0 Å². The minimum Gasteiger partial charge on any atom is -0.493 e. The van der Waals surface area contributed by atoms with Crippen LogP contribution in [-0.4, -0.2) is 13.0 Å². The molecule has 0 bridgehead atoms. The van der Waals surface area contributed by atoms with Gasteiger partial charge in [-0.1, -0.05) is 0 Å². The van der Waals surface area contributed by atoms with Crippen molar-refractivity contribution in [2.24, 2.45) is 5.73 Å². The molecule has 21 heavy (non-hydrogen) atoms. The SMILES string of the molecule is COc1cc(C#N)ccc1Oc1ccc(N)cc1C(N)=O. The predicted molar refractivity (Wildman–Crippen MR) is 77.2 cm³/mol. The minimum absolute atomic E-state index is 0.168. The van der Waals surface area contributed by atoms with Gasteiger partial charge in [-0.3, -0.25) is 4.79 Å². The van der Waals surface area contributed by atoms with Crippen molar-refractivity contribution in [3.8, 4) is 23.3 Å². The smallest absolute Gasteiger partial charge is 0.252 e. The summed E-state index contributed by atoms with van der Waals surface area (Å²) in [6.45, 7) is 0. The molecule has 0 aliphatic rings. The second kappa shape index (κ2) is 5.84. The van der Waals surface area contributed by atoms with Crippen molar-refractivity contribution in [1.82, 2.24) is 0 Å². The summed E-state index contributed by atoms with van der Waals surface area (Å²) in [6.07, 6.45) is 0. The van der Waals surface area contributed by atoms with Crippen molar-refractivity contribution in [1.29, 1.82) is 5.26 Å². The number of nitrogens with two attached hydrogens (primary N) is 2. The van der Waals surface area contributed by atoms with E-state index >= 15 is 0 Å². The van der Waals surface area contributed by atoms with E-state index in [0.717, 1.165) is 0 Å². The molecule has 2 aromatic carbocycles. The number of carbonyl (C=O) groups excluding carboxylic acids is 1. The van der Waals surface area contributed by atoms with Gasteiger partial charge in [0.15, 0.2) is 11.5 Å². The Balaban J connectivity index is 2.43. The largest absolute Gasteiger partial charge is 0.493 e. The summed E-state index contributed by atoms with van der Waals surface area (Å²) in [5.41, 5.74) is 11.9. The van der Waals surface area contributed by atoms with Crippen molar-refractivity contribution in [3.63, 3.8) is 0 Å². The first-order valence-electron chi connectivity index (χ1n) is 6.00. The van der Waals surface area contributed by atoms with Crippen molar-refractivity contribution >= 4 is 11.6 Å². The Bertz CT molecular complexity index is 735. The van der Waals surface area contributed by atoms with Crippen LogP contribution in [0.3, 0.4) is 0 Å². The van der Waals surface area contributed by atoms with Crippen molar-refractivity contribution in [2.75, 3.05) is 12.8 Å². The minimum atomic E-state index is -0.648. The first-order valence-corrected chi connectivity index (χ1v) is 6.00. The maximum atomic E-state index is 11.4. The van der Waals surface area contributed by atoms with Crippen molar-refractivity contribution in [3.05, 3.63) is 47.5 Å². The van der Waals surface area contributed by atoms with E-state index in [1.807, 2.05) is 6.07 Å². The van der Waals surface area contributed by atoms with E-state index in [2.05, 4.69) is 0 Å². The van der Waals surface area contributed by atoms with Crippen LogP contribution in [0.15, 0.2) is 36.4 Å². The van der Waals surface area contributed by atoms with Crippen LogP contribution >= 0.6 is 0 Å². The highest BCUT2D eigenvalue weighted by Gasteiger charge is 2.13. The molecule has 0 atom stereocenters.